The molecule has 2 rings (SSSR count). The Morgan fingerprint density at radius 2 is 2.07 bits per heavy atom. The van der Waals surface area contributed by atoms with Crippen LogP contribution >= 0.6 is 0 Å². The molecule has 76 valence electrons. The second-order valence-electron chi connectivity index (χ2n) is 4.17. The molecule has 1 fully saturated rings. The molecule has 0 radical (unpaired) electrons. The van der Waals surface area contributed by atoms with Crippen molar-refractivity contribution in [1.29, 1.82) is 0 Å². The Balaban J connectivity index is 2.26. The number of carboxylic acid groups (broad SMARTS) is 1. The molecule has 3 heteroatoms. The van der Waals surface area contributed by atoms with Crippen LogP contribution in [-0.4, -0.2) is 16.8 Å². The van der Waals surface area contributed by atoms with E-state index in [4.69, 9.17) is 5.11 Å². The first-order valence-corrected chi connectivity index (χ1v) is 5.19. The maximum Gasteiger partial charge on any atom is 0.333 e. The highest BCUT2D eigenvalue weighted by Gasteiger charge is 2.28. The van der Waals surface area contributed by atoms with Gasteiger partial charge in [-0.15, -0.1) is 0 Å². The minimum atomic E-state index is -0.785. The van der Waals surface area contributed by atoms with E-state index in [2.05, 4.69) is 4.99 Å². The maximum atomic E-state index is 11.0. The largest absolute Gasteiger partial charge is 0.478 e. The number of rotatable bonds is 2. The molecule has 3 nitrogen and oxygen atoms in total. The second-order valence-corrected chi connectivity index (χ2v) is 4.17. The fraction of sp³-hybridized carbons (Fsp3) is 0.636. The summed E-state index contributed by atoms with van der Waals surface area (Å²) in [5.41, 5.74) is 2.35. The molecule has 0 aromatic carbocycles. The van der Waals surface area contributed by atoms with Crippen LogP contribution < -0.4 is 0 Å². The molecule has 0 aromatic rings. The Kier molecular flexibility index (Phi) is 2.40. The number of aliphatic imine (C=N–C) groups is 1. The van der Waals surface area contributed by atoms with Crippen molar-refractivity contribution < 1.29 is 9.90 Å². The molecule has 14 heavy (non-hydrogen) atoms. The van der Waals surface area contributed by atoms with Gasteiger partial charge in [-0.1, -0.05) is 12.8 Å². The topological polar surface area (TPSA) is 49.7 Å². The van der Waals surface area contributed by atoms with Crippen molar-refractivity contribution in [3.63, 3.8) is 0 Å². The monoisotopic (exact) mass is 193 g/mol. The molecule has 0 unspecified atom stereocenters. The van der Waals surface area contributed by atoms with Gasteiger partial charge in [-0.25, -0.2) is 4.79 Å². The molecule has 0 spiro atoms. The first kappa shape index (κ1) is 9.44. The summed E-state index contributed by atoms with van der Waals surface area (Å²) in [6.07, 6.45) is 5.21. The van der Waals surface area contributed by atoms with Crippen LogP contribution in [0, 0.1) is 5.92 Å². The third-order valence-corrected chi connectivity index (χ3v) is 3.05. The van der Waals surface area contributed by atoms with E-state index in [-0.39, 0.29) is 0 Å². The van der Waals surface area contributed by atoms with Gasteiger partial charge in [-0.05, 0) is 19.8 Å². The van der Waals surface area contributed by atoms with E-state index in [1.165, 1.54) is 12.8 Å². The third-order valence-electron chi connectivity index (χ3n) is 3.05. The highest BCUT2D eigenvalue weighted by molar-refractivity contribution is 6.00. The van der Waals surface area contributed by atoms with E-state index >= 15 is 0 Å². The summed E-state index contributed by atoms with van der Waals surface area (Å²) in [5.74, 6) is -0.369. The van der Waals surface area contributed by atoms with E-state index in [9.17, 15) is 4.79 Å². The Labute approximate surface area is 83.5 Å². The van der Waals surface area contributed by atoms with E-state index in [0.717, 1.165) is 24.3 Å². The van der Waals surface area contributed by atoms with Crippen molar-refractivity contribution in [3.05, 3.63) is 11.3 Å². The van der Waals surface area contributed by atoms with Crippen molar-refractivity contribution in [2.45, 2.75) is 39.0 Å². The summed E-state index contributed by atoms with van der Waals surface area (Å²) in [6.45, 7) is 1.91. The van der Waals surface area contributed by atoms with Crippen molar-refractivity contribution in [3.8, 4) is 0 Å². The van der Waals surface area contributed by atoms with Gasteiger partial charge in [0.25, 0.3) is 0 Å². The fourth-order valence-electron chi connectivity index (χ4n) is 2.38. The van der Waals surface area contributed by atoms with Gasteiger partial charge < -0.3 is 5.11 Å². The number of carboxylic acids is 1. The fourth-order valence-corrected chi connectivity index (χ4v) is 2.38. The van der Waals surface area contributed by atoms with Crippen molar-refractivity contribution in [2.75, 3.05) is 0 Å². The lowest BCUT2D eigenvalue weighted by Gasteiger charge is -2.08. The second kappa shape index (κ2) is 3.56. The van der Waals surface area contributed by atoms with Gasteiger partial charge in [0.15, 0.2) is 0 Å². The Morgan fingerprint density at radius 1 is 1.43 bits per heavy atom. The maximum absolute atomic E-state index is 11.0. The summed E-state index contributed by atoms with van der Waals surface area (Å²) in [5, 5.41) is 9.03. The average molecular weight is 193 g/mol. The SMILES string of the molecule is CC1=NC(C2CCCC2)=C(C(=O)O)C1. The lowest BCUT2D eigenvalue weighted by Crippen LogP contribution is -2.06. The van der Waals surface area contributed by atoms with E-state index in [0.29, 0.717) is 17.9 Å². The van der Waals surface area contributed by atoms with Crippen LogP contribution in [0.3, 0.4) is 0 Å². The predicted molar refractivity (Wildman–Crippen MR) is 54.3 cm³/mol. The quantitative estimate of drug-likeness (QED) is 0.732. The van der Waals surface area contributed by atoms with Gasteiger partial charge >= 0.3 is 5.97 Å². The average Bonchev–Trinajstić information content (AvgIpc) is 2.70. The molecule has 0 bridgehead atoms. The highest BCUT2D eigenvalue weighted by atomic mass is 16.4. The van der Waals surface area contributed by atoms with Crippen molar-refractivity contribution in [2.24, 2.45) is 10.9 Å². The van der Waals surface area contributed by atoms with Crippen molar-refractivity contribution in [1.82, 2.24) is 0 Å². The van der Waals surface area contributed by atoms with Crippen LogP contribution in [0.1, 0.15) is 39.0 Å². The molecule has 0 atom stereocenters. The first-order chi connectivity index (χ1) is 6.68. The zero-order valence-electron chi connectivity index (χ0n) is 8.42. The van der Waals surface area contributed by atoms with Gasteiger partial charge in [-0.3, -0.25) is 4.99 Å². The number of aliphatic carboxylic acids is 1. The lowest BCUT2D eigenvalue weighted by atomic mass is 9.99. The van der Waals surface area contributed by atoms with Crippen LogP contribution in [0.15, 0.2) is 16.3 Å². The molecule has 0 aromatic heterocycles. The molecule has 1 aliphatic carbocycles. The number of nitrogens with zero attached hydrogens (tertiary/aromatic N) is 1. The van der Waals surface area contributed by atoms with E-state index < -0.39 is 5.97 Å². The third kappa shape index (κ3) is 1.59. The molecule has 1 heterocycles. The highest BCUT2D eigenvalue weighted by Crippen LogP contribution is 2.36. The van der Waals surface area contributed by atoms with Crippen LogP contribution in [0.5, 0.6) is 0 Å². The Morgan fingerprint density at radius 3 is 2.64 bits per heavy atom. The van der Waals surface area contributed by atoms with E-state index in [1.807, 2.05) is 6.92 Å². The smallest absolute Gasteiger partial charge is 0.333 e. The van der Waals surface area contributed by atoms with Crippen LogP contribution in [0.2, 0.25) is 0 Å². The predicted octanol–water partition coefficient (Wildman–Crippen LogP) is 2.38. The normalized spacial score (nSPS) is 23.1. The van der Waals surface area contributed by atoms with Crippen LogP contribution in [0.4, 0.5) is 0 Å². The number of allylic oxidation sites excluding steroid dienone is 1. The molecule has 0 amide bonds. The number of hydrogen-bond acceptors (Lipinski definition) is 2. The van der Waals surface area contributed by atoms with Gasteiger partial charge in [-0.2, -0.15) is 0 Å². The van der Waals surface area contributed by atoms with Gasteiger partial charge in [0.1, 0.15) is 0 Å². The van der Waals surface area contributed by atoms with E-state index in [1.54, 1.807) is 0 Å². The summed E-state index contributed by atoms with van der Waals surface area (Å²) >= 11 is 0. The minimum absolute atomic E-state index is 0.415. The zero-order chi connectivity index (χ0) is 10.1. The summed E-state index contributed by atoms with van der Waals surface area (Å²) in [6, 6.07) is 0. The molecule has 1 N–H and O–H groups in total. The summed E-state index contributed by atoms with van der Waals surface area (Å²) in [4.78, 5) is 15.4. The van der Waals surface area contributed by atoms with Gasteiger partial charge in [0, 0.05) is 18.1 Å². The molecule has 2 aliphatic rings. The van der Waals surface area contributed by atoms with Crippen LogP contribution in [-0.2, 0) is 4.79 Å². The molecule has 1 aliphatic heterocycles. The molecule has 1 saturated carbocycles. The number of carbonyl (C=O) groups is 1. The number of hydrogen-bond donors (Lipinski definition) is 1. The lowest BCUT2D eigenvalue weighted by molar-refractivity contribution is -0.132. The zero-order valence-corrected chi connectivity index (χ0v) is 8.42. The standard InChI is InChI=1S/C11H15NO2/c1-7-6-9(11(13)14)10(12-7)8-4-2-3-5-8/h8H,2-6H2,1H3,(H,13,14). The molecular weight excluding hydrogens is 178 g/mol. The minimum Gasteiger partial charge on any atom is -0.478 e. The first-order valence-electron chi connectivity index (χ1n) is 5.19. The molecule has 0 saturated heterocycles. The van der Waals surface area contributed by atoms with Gasteiger partial charge in [0.2, 0.25) is 0 Å². The molecular formula is C11H15NO2. The summed E-state index contributed by atoms with van der Waals surface area (Å²) < 4.78 is 0. The van der Waals surface area contributed by atoms with Crippen molar-refractivity contribution >= 4 is 11.7 Å². The van der Waals surface area contributed by atoms with Gasteiger partial charge in [0.05, 0.1) is 11.3 Å². The Hall–Kier alpha value is -1.12. The summed E-state index contributed by atoms with van der Waals surface area (Å²) in [7, 11) is 0. The van der Waals surface area contributed by atoms with Crippen LogP contribution in [0.25, 0.3) is 0 Å². The Bertz CT molecular complexity index is 322.